The second-order valence-electron chi connectivity index (χ2n) is 5.89. The van der Waals surface area contributed by atoms with Crippen molar-refractivity contribution >= 4 is 31.6 Å². The van der Waals surface area contributed by atoms with E-state index in [-0.39, 0.29) is 24.9 Å². The van der Waals surface area contributed by atoms with E-state index in [0.717, 1.165) is 10.2 Å². The quantitative estimate of drug-likeness (QED) is 0.685. The predicted molar refractivity (Wildman–Crippen MR) is 94.6 cm³/mol. The normalized spacial score (nSPS) is 16.0. The Morgan fingerprint density at radius 1 is 1.20 bits per heavy atom. The first-order valence-corrected chi connectivity index (χ1v) is 10.2. The number of hydrogen-bond acceptors (Lipinski definition) is 5. The monoisotopic (exact) mass is 378 g/mol. The van der Waals surface area contributed by atoms with E-state index in [0.29, 0.717) is 10.8 Å². The molecule has 0 saturated carbocycles. The standard InChI is InChI=1S/C17H15FN2O3S2/c18-13-5-3-4-12(8-13)11-25(21,22)20-9-14(10-20)23-17-19-15-6-1-2-7-16(15)24-17/h1-8,14H,9-11H2. The van der Waals surface area contributed by atoms with Gasteiger partial charge in [-0.2, -0.15) is 4.31 Å². The van der Waals surface area contributed by atoms with Gasteiger partial charge in [-0.25, -0.2) is 17.8 Å². The molecule has 0 bridgehead atoms. The lowest BCUT2D eigenvalue weighted by molar-refractivity contribution is 0.0760. The van der Waals surface area contributed by atoms with Gasteiger partial charge in [0.15, 0.2) is 0 Å². The Balaban J connectivity index is 1.37. The van der Waals surface area contributed by atoms with Crippen LogP contribution in [0.3, 0.4) is 0 Å². The Morgan fingerprint density at radius 2 is 2.00 bits per heavy atom. The van der Waals surface area contributed by atoms with Gasteiger partial charge < -0.3 is 4.74 Å². The highest BCUT2D eigenvalue weighted by molar-refractivity contribution is 7.88. The number of hydrogen-bond donors (Lipinski definition) is 0. The van der Waals surface area contributed by atoms with Gasteiger partial charge in [-0.1, -0.05) is 35.6 Å². The van der Waals surface area contributed by atoms with Crippen molar-refractivity contribution in [3.8, 4) is 5.19 Å². The van der Waals surface area contributed by atoms with Crippen molar-refractivity contribution in [3.05, 3.63) is 59.9 Å². The molecule has 5 nitrogen and oxygen atoms in total. The second-order valence-corrected chi connectivity index (χ2v) is 8.85. The summed E-state index contributed by atoms with van der Waals surface area (Å²) in [6.07, 6.45) is -0.206. The summed E-state index contributed by atoms with van der Waals surface area (Å²) in [5.74, 6) is -0.646. The van der Waals surface area contributed by atoms with Crippen LogP contribution in [0.1, 0.15) is 5.56 Å². The predicted octanol–water partition coefficient (Wildman–Crippen LogP) is 3.03. The molecule has 8 heteroatoms. The van der Waals surface area contributed by atoms with Gasteiger partial charge in [0.2, 0.25) is 10.0 Å². The Bertz CT molecular complexity index is 980. The number of thiazole rings is 1. The number of rotatable bonds is 5. The lowest BCUT2D eigenvalue weighted by Crippen LogP contribution is -2.56. The van der Waals surface area contributed by atoms with Crippen LogP contribution in [-0.4, -0.2) is 36.9 Å². The van der Waals surface area contributed by atoms with E-state index in [1.54, 1.807) is 6.07 Å². The summed E-state index contributed by atoms with van der Waals surface area (Å²) in [6, 6.07) is 13.4. The molecule has 3 aromatic rings. The molecule has 2 heterocycles. The zero-order valence-electron chi connectivity index (χ0n) is 13.1. The Morgan fingerprint density at radius 3 is 2.76 bits per heavy atom. The Hall–Kier alpha value is -2.03. The highest BCUT2D eigenvalue weighted by Crippen LogP contribution is 2.30. The number of para-hydroxylation sites is 1. The van der Waals surface area contributed by atoms with E-state index >= 15 is 0 Å². The van der Waals surface area contributed by atoms with Crippen LogP contribution in [0.2, 0.25) is 0 Å². The minimum absolute atomic E-state index is 0.206. The van der Waals surface area contributed by atoms with Gasteiger partial charge in [0.05, 0.1) is 29.1 Å². The van der Waals surface area contributed by atoms with E-state index in [1.165, 1.54) is 33.8 Å². The molecule has 0 atom stereocenters. The molecule has 0 radical (unpaired) electrons. The molecule has 4 rings (SSSR count). The fourth-order valence-corrected chi connectivity index (χ4v) is 5.13. The largest absolute Gasteiger partial charge is 0.464 e. The van der Waals surface area contributed by atoms with Crippen molar-refractivity contribution in [2.75, 3.05) is 13.1 Å². The van der Waals surface area contributed by atoms with Gasteiger partial charge in [-0.3, -0.25) is 0 Å². The van der Waals surface area contributed by atoms with Crippen molar-refractivity contribution in [2.45, 2.75) is 11.9 Å². The summed E-state index contributed by atoms with van der Waals surface area (Å²) in [4.78, 5) is 4.39. The molecule has 0 N–H and O–H groups in total. The molecule has 1 aliphatic rings. The lowest BCUT2D eigenvalue weighted by atomic mass is 10.2. The van der Waals surface area contributed by atoms with Crippen LogP contribution in [0, 0.1) is 5.82 Å². The number of ether oxygens (including phenoxy) is 1. The first-order chi connectivity index (χ1) is 12.0. The first-order valence-electron chi connectivity index (χ1n) is 7.74. The maximum absolute atomic E-state index is 13.2. The number of nitrogens with zero attached hydrogens (tertiary/aromatic N) is 2. The van der Waals surface area contributed by atoms with E-state index in [2.05, 4.69) is 4.98 Å². The molecule has 1 aliphatic heterocycles. The molecule has 25 heavy (non-hydrogen) atoms. The molecular weight excluding hydrogens is 363 g/mol. The van der Waals surface area contributed by atoms with Gasteiger partial charge in [0.1, 0.15) is 11.9 Å². The van der Waals surface area contributed by atoms with Crippen molar-refractivity contribution < 1.29 is 17.5 Å². The molecule has 0 unspecified atom stereocenters. The van der Waals surface area contributed by atoms with Gasteiger partial charge in [0, 0.05) is 0 Å². The van der Waals surface area contributed by atoms with Crippen molar-refractivity contribution in [2.24, 2.45) is 0 Å². The number of benzene rings is 2. The van der Waals surface area contributed by atoms with Crippen molar-refractivity contribution in [1.29, 1.82) is 0 Å². The average molecular weight is 378 g/mol. The molecule has 2 aromatic carbocycles. The fourth-order valence-electron chi connectivity index (χ4n) is 2.68. The molecule has 1 aromatic heterocycles. The molecule has 0 spiro atoms. The van der Waals surface area contributed by atoms with Crippen LogP contribution in [0.25, 0.3) is 10.2 Å². The minimum Gasteiger partial charge on any atom is -0.464 e. The van der Waals surface area contributed by atoms with Crippen LogP contribution < -0.4 is 4.74 Å². The summed E-state index contributed by atoms with van der Waals surface area (Å²) in [5, 5.41) is 0.549. The lowest BCUT2D eigenvalue weighted by Gasteiger charge is -2.37. The van der Waals surface area contributed by atoms with Crippen LogP contribution in [0.4, 0.5) is 4.39 Å². The first kappa shape index (κ1) is 16.4. The smallest absolute Gasteiger partial charge is 0.274 e. The highest BCUT2D eigenvalue weighted by Gasteiger charge is 2.37. The fraction of sp³-hybridized carbons (Fsp3) is 0.235. The van der Waals surface area contributed by atoms with E-state index in [4.69, 9.17) is 4.74 Å². The third-order valence-corrected chi connectivity index (χ3v) is 6.70. The van der Waals surface area contributed by atoms with Crippen LogP contribution in [-0.2, 0) is 15.8 Å². The Labute approximate surface area is 148 Å². The molecular formula is C17H15FN2O3S2. The number of halogens is 1. The van der Waals surface area contributed by atoms with Crippen molar-refractivity contribution in [3.63, 3.8) is 0 Å². The number of aromatic nitrogens is 1. The minimum atomic E-state index is -3.47. The third kappa shape index (κ3) is 3.51. The summed E-state index contributed by atoms with van der Waals surface area (Å²) >= 11 is 1.44. The van der Waals surface area contributed by atoms with Gasteiger partial charge in [0.25, 0.3) is 5.19 Å². The van der Waals surface area contributed by atoms with Crippen LogP contribution >= 0.6 is 11.3 Å². The Kier molecular flexibility index (Phi) is 4.18. The van der Waals surface area contributed by atoms with Crippen molar-refractivity contribution in [1.82, 2.24) is 9.29 Å². The van der Waals surface area contributed by atoms with E-state index in [9.17, 15) is 12.8 Å². The summed E-state index contributed by atoms with van der Waals surface area (Å²) in [5.41, 5.74) is 1.31. The summed E-state index contributed by atoms with van der Waals surface area (Å²) < 4.78 is 46.1. The molecule has 1 fully saturated rings. The molecule has 0 aliphatic carbocycles. The van der Waals surface area contributed by atoms with Gasteiger partial charge in [-0.15, -0.1) is 0 Å². The summed E-state index contributed by atoms with van der Waals surface area (Å²) in [6.45, 7) is 0.571. The molecule has 130 valence electrons. The van der Waals surface area contributed by atoms with Crippen LogP contribution in [0.15, 0.2) is 48.5 Å². The molecule has 0 amide bonds. The maximum atomic E-state index is 13.2. The molecule has 1 saturated heterocycles. The van der Waals surface area contributed by atoms with Gasteiger partial charge in [-0.05, 0) is 29.8 Å². The van der Waals surface area contributed by atoms with E-state index < -0.39 is 15.8 Å². The summed E-state index contributed by atoms with van der Waals surface area (Å²) in [7, 11) is -3.47. The zero-order chi connectivity index (χ0) is 17.4. The number of fused-ring (bicyclic) bond motifs is 1. The number of sulfonamides is 1. The average Bonchev–Trinajstić information content (AvgIpc) is 2.92. The maximum Gasteiger partial charge on any atom is 0.274 e. The van der Waals surface area contributed by atoms with Crippen LogP contribution in [0.5, 0.6) is 5.19 Å². The zero-order valence-corrected chi connectivity index (χ0v) is 14.8. The SMILES string of the molecule is O=S(=O)(Cc1cccc(F)c1)N1CC(Oc2nc3ccccc3s2)C1. The second kappa shape index (κ2) is 6.36. The van der Waals surface area contributed by atoms with Gasteiger partial charge >= 0.3 is 0 Å². The highest BCUT2D eigenvalue weighted by atomic mass is 32.2. The third-order valence-electron chi connectivity index (χ3n) is 3.99. The van der Waals surface area contributed by atoms with E-state index in [1.807, 2.05) is 24.3 Å². The topological polar surface area (TPSA) is 59.5 Å².